The molecule has 1 aliphatic carbocycles. The van der Waals surface area contributed by atoms with Crippen molar-refractivity contribution in [3.63, 3.8) is 0 Å². The largest absolute Gasteiger partial charge is 0.457 e. The standard InChI is InChI=1S/C59H41NO3/c1-58(2,3)37-24-28-49-55(32-37)63-56-35-40(25-29-50(56)59(49)47-20-10-7-16-42(47)43-17-8-11-21-48(43)59)60(38-26-30-52-45(33-38)44-18-9-12-22-51(44)61-52)39-27-31-53-46(34-39)57-41(19-13-23-54(57)62-53)36-14-5-4-6-15-36/h4-35H,1-3H3. The van der Waals surface area contributed by atoms with E-state index in [0.29, 0.717) is 0 Å². The lowest BCUT2D eigenvalue weighted by atomic mass is 9.65. The molecule has 0 saturated heterocycles. The Kier molecular flexibility index (Phi) is 7.46. The Morgan fingerprint density at radius 2 is 0.937 bits per heavy atom. The number of benzene rings is 9. The molecule has 1 aliphatic heterocycles. The van der Waals surface area contributed by atoms with Gasteiger partial charge in [-0.3, -0.25) is 0 Å². The van der Waals surface area contributed by atoms with Crippen LogP contribution >= 0.6 is 0 Å². The molecule has 4 heteroatoms. The molecule has 9 aromatic carbocycles. The zero-order chi connectivity index (χ0) is 42.0. The summed E-state index contributed by atoms with van der Waals surface area (Å²) in [5.41, 5.74) is 16.6. The third-order valence-corrected chi connectivity index (χ3v) is 13.5. The van der Waals surface area contributed by atoms with Gasteiger partial charge in [0.15, 0.2) is 0 Å². The van der Waals surface area contributed by atoms with E-state index in [1.54, 1.807) is 0 Å². The van der Waals surface area contributed by atoms with Crippen molar-refractivity contribution in [1.82, 2.24) is 0 Å². The highest BCUT2D eigenvalue weighted by atomic mass is 16.5. The van der Waals surface area contributed by atoms with Gasteiger partial charge in [-0.15, -0.1) is 0 Å². The third-order valence-electron chi connectivity index (χ3n) is 13.5. The van der Waals surface area contributed by atoms with Crippen molar-refractivity contribution in [2.24, 2.45) is 0 Å². The molecule has 2 aromatic heterocycles. The zero-order valence-corrected chi connectivity index (χ0v) is 35.1. The molecule has 0 atom stereocenters. The van der Waals surface area contributed by atoms with Crippen molar-refractivity contribution in [1.29, 1.82) is 0 Å². The maximum atomic E-state index is 7.23. The number of anilines is 3. The lowest BCUT2D eigenvalue weighted by molar-refractivity contribution is 0.433. The number of nitrogens with zero attached hydrogens (tertiary/aromatic N) is 1. The fraction of sp³-hybridized carbons (Fsp3) is 0.0847. The first-order chi connectivity index (χ1) is 30.8. The van der Waals surface area contributed by atoms with Crippen molar-refractivity contribution in [3.05, 3.63) is 222 Å². The summed E-state index contributed by atoms with van der Waals surface area (Å²) in [5, 5.41) is 4.29. The minimum atomic E-state index is -0.576. The van der Waals surface area contributed by atoms with Crippen LogP contribution in [-0.4, -0.2) is 0 Å². The Labute approximate surface area is 365 Å². The lowest BCUT2D eigenvalue weighted by Crippen LogP contribution is -2.32. The summed E-state index contributed by atoms with van der Waals surface area (Å²) in [6.07, 6.45) is 0. The molecule has 3 heterocycles. The molecule has 300 valence electrons. The van der Waals surface area contributed by atoms with Gasteiger partial charge in [-0.1, -0.05) is 148 Å². The van der Waals surface area contributed by atoms with Crippen LogP contribution in [0.3, 0.4) is 0 Å². The van der Waals surface area contributed by atoms with E-state index in [0.717, 1.165) is 94.7 Å². The van der Waals surface area contributed by atoms with E-state index in [-0.39, 0.29) is 5.41 Å². The van der Waals surface area contributed by atoms with Gasteiger partial charge in [-0.25, -0.2) is 0 Å². The highest BCUT2D eigenvalue weighted by Crippen LogP contribution is 2.63. The van der Waals surface area contributed by atoms with Crippen LogP contribution < -0.4 is 9.64 Å². The summed E-state index contributed by atoms with van der Waals surface area (Å²) >= 11 is 0. The molecule has 1 spiro atoms. The van der Waals surface area contributed by atoms with Gasteiger partial charge in [0.05, 0.1) is 5.41 Å². The molecule has 0 saturated carbocycles. The SMILES string of the molecule is CC(C)(C)c1ccc2c(c1)Oc1cc(N(c3ccc4oc5ccccc5c4c3)c3ccc4oc5cccc(-c6ccccc6)c5c4c3)ccc1C21c2ccccc2-c2ccccc21. The molecule has 0 bridgehead atoms. The van der Waals surface area contributed by atoms with E-state index in [1.807, 2.05) is 12.1 Å². The van der Waals surface area contributed by atoms with E-state index < -0.39 is 5.41 Å². The molecule has 0 N–H and O–H groups in total. The second-order valence-electron chi connectivity index (χ2n) is 18.0. The van der Waals surface area contributed by atoms with Crippen molar-refractivity contribution in [2.45, 2.75) is 31.6 Å². The lowest BCUT2D eigenvalue weighted by Gasteiger charge is -2.40. The Bertz CT molecular complexity index is 3610. The van der Waals surface area contributed by atoms with Gasteiger partial charge in [-0.2, -0.15) is 0 Å². The number of rotatable bonds is 4. The van der Waals surface area contributed by atoms with Crippen molar-refractivity contribution < 1.29 is 13.6 Å². The summed E-state index contributed by atoms with van der Waals surface area (Å²) in [6.45, 7) is 6.79. The Balaban J connectivity index is 1.07. The van der Waals surface area contributed by atoms with Gasteiger partial charge in [0, 0.05) is 55.8 Å². The molecule has 0 amide bonds. The highest BCUT2D eigenvalue weighted by molar-refractivity contribution is 6.14. The van der Waals surface area contributed by atoms with Crippen molar-refractivity contribution in [3.8, 4) is 33.8 Å². The molecule has 63 heavy (non-hydrogen) atoms. The van der Waals surface area contributed by atoms with Crippen LogP contribution in [-0.2, 0) is 10.8 Å². The van der Waals surface area contributed by atoms with Crippen LogP contribution in [0.15, 0.2) is 203 Å². The first kappa shape index (κ1) is 35.9. The summed E-state index contributed by atoms with van der Waals surface area (Å²) in [6, 6.07) is 69.8. The van der Waals surface area contributed by atoms with E-state index in [4.69, 9.17) is 13.6 Å². The number of para-hydroxylation sites is 1. The summed E-state index contributed by atoms with van der Waals surface area (Å²) in [5.74, 6) is 1.72. The van der Waals surface area contributed by atoms with Gasteiger partial charge < -0.3 is 18.5 Å². The number of hydrogen-bond donors (Lipinski definition) is 0. The summed E-state index contributed by atoms with van der Waals surface area (Å²) < 4.78 is 20.1. The van der Waals surface area contributed by atoms with Crippen molar-refractivity contribution >= 4 is 60.9 Å². The van der Waals surface area contributed by atoms with Crippen LogP contribution in [0.5, 0.6) is 11.5 Å². The number of furan rings is 2. The van der Waals surface area contributed by atoms with Gasteiger partial charge in [0.1, 0.15) is 33.8 Å². The van der Waals surface area contributed by atoms with Crippen LogP contribution in [0, 0.1) is 0 Å². The monoisotopic (exact) mass is 811 g/mol. The second-order valence-corrected chi connectivity index (χ2v) is 18.0. The first-order valence-electron chi connectivity index (χ1n) is 21.7. The zero-order valence-electron chi connectivity index (χ0n) is 35.1. The fourth-order valence-electron chi connectivity index (χ4n) is 10.6. The first-order valence-corrected chi connectivity index (χ1v) is 21.7. The van der Waals surface area contributed by atoms with Gasteiger partial charge >= 0.3 is 0 Å². The molecular formula is C59H41NO3. The molecule has 2 aliphatic rings. The van der Waals surface area contributed by atoms with E-state index in [2.05, 4.69) is 208 Å². The van der Waals surface area contributed by atoms with Crippen LogP contribution in [0.1, 0.15) is 48.6 Å². The molecule has 4 nitrogen and oxygen atoms in total. The quantitative estimate of drug-likeness (QED) is 0.177. The highest BCUT2D eigenvalue weighted by Gasteiger charge is 2.51. The maximum Gasteiger partial charge on any atom is 0.136 e. The maximum absolute atomic E-state index is 7.23. The fourth-order valence-corrected chi connectivity index (χ4v) is 10.6. The Morgan fingerprint density at radius 3 is 1.68 bits per heavy atom. The van der Waals surface area contributed by atoms with Crippen molar-refractivity contribution in [2.75, 3.05) is 4.90 Å². The van der Waals surface area contributed by atoms with E-state index in [1.165, 1.54) is 27.8 Å². The Morgan fingerprint density at radius 1 is 0.397 bits per heavy atom. The molecule has 0 fully saturated rings. The molecule has 0 radical (unpaired) electrons. The number of hydrogen-bond acceptors (Lipinski definition) is 4. The van der Waals surface area contributed by atoms with Crippen LogP contribution in [0.2, 0.25) is 0 Å². The molecule has 13 rings (SSSR count). The predicted molar refractivity (Wildman–Crippen MR) is 257 cm³/mol. The van der Waals surface area contributed by atoms with Gasteiger partial charge in [0.2, 0.25) is 0 Å². The topological polar surface area (TPSA) is 38.8 Å². The average molecular weight is 812 g/mol. The molecular weight excluding hydrogens is 771 g/mol. The Hall–Kier alpha value is -7.82. The van der Waals surface area contributed by atoms with Gasteiger partial charge in [0.25, 0.3) is 0 Å². The minimum Gasteiger partial charge on any atom is -0.457 e. The van der Waals surface area contributed by atoms with Crippen LogP contribution in [0.4, 0.5) is 17.1 Å². The predicted octanol–water partition coefficient (Wildman–Crippen LogP) is 16.4. The molecule has 0 unspecified atom stereocenters. The minimum absolute atomic E-state index is 0.0673. The van der Waals surface area contributed by atoms with E-state index >= 15 is 0 Å². The second kappa shape index (κ2) is 13.1. The van der Waals surface area contributed by atoms with Gasteiger partial charge in [-0.05, 0) is 105 Å². The number of fused-ring (bicyclic) bond motifs is 15. The third kappa shape index (κ3) is 5.15. The summed E-state index contributed by atoms with van der Waals surface area (Å²) in [4.78, 5) is 2.35. The smallest absolute Gasteiger partial charge is 0.136 e. The number of ether oxygens (including phenoxy) is 1. The van der Waals surface area contributed by atoms with E-state index in [9.17, 15) is 0 Å². The summed E-state index contributed by atoms with van der Waals surface area (Å²) in [7, 11) is 0. The average Bonchev–Trinajstić information content (AvgIpc) is 3.97. The molecule has 11 aromatic rings. The normalized spacial score (nSPS) is 13.6. The van der Waals surface area contributed by atoms with Crippen LogP contribution in [0.25, 0.3) is 66.1 Å².